The van der Waals surface area contributed by atoms with Gasteiger partial charge in [-0.15, -0.1) is 11.6 Å². The molecule has 0 aliphatic heterocycles. The van der Waals surface area contributed by atoms with Crippen molar-refractivity contribution < 1.29 is 19.7 Å². The zero-order chi connectivity index (χ0) is 20.7. The van der Waals surface area contributed by atoms with Gasteiger partial charge in [0.25, 0.3) is 22.7 Å². The maximum absolute atomic E-state index is 10.5. The smallest absolute Gasteiger partial charge is 0.258 e. The Morgan fingerprint density at radius 3 is 1.59 bits per heavy atom. The molecule has 0 aliphatic carbocycles. The molecule has 2 rings (SSSR count). The van der Waals surface area contributed by atoms with Crippen LogP contribution in [-0.4, -0.2) is 19.7 Å². The summed E-state index contributed by atoms with van der Waals surface area (Å²) in [5, 5.41) is 41.5. The number of hydrogen-bond donors (Lipinski definition) is 0. The lowest BCUT2D eigenvalue weighted by atomic mass is 10.2. The molecule has 0 saturated heterocycles. The number of halogens is 1. The van der Waals surface area contributed by atoms with Crippen molar-refractivity contribution in [3.8, 4) is 0 Å². The fourth-order valence-electron chi connectivity index (χ4n) is 1.86. The Morgan fingerprint density at radius 2 is 1.19 bits per heavy atom. The number of hydrogen-bond acceptors (Lipinski definition) is 8. The minimum atomic E-state index is -0.690. The van der Waals surface area contributed by atoms with Gasteiger partial charge in [-0.2, -0.15) is 0 Å². The molecule has 0 unspecified atom stereocenters. The molecule has 0 spiro atoms. The highest BCUT2D eigenvalue weighted by molar-refractivity contribution is 6.17. The third kappa shape index (κ3) is 5.67. The topological polar surface area (TPSA) is 173 Å². The van der Waals surface area contributed by atoms with Crippen LogP contribution in [0.5, 0.6) is 0 Å². The van der Waals surface area contributed by atoms with Gasteiger partial charge in [0.1, 0.15) is 0 Å². The number of aryl methyl sites for hydroxylation is 1. The average molecular weight is 399 g/mol. The first kappa shape index (κ1) is 21.4. The first-order valence-corrected chi connectivity index (χ1v) is 7.49. The van der Waals surface area contributed by atoms with E-state index in [4.69, 9.17) is 11.6 Å². The van der Waals surface area contributed by atoms with Crippen LogP contribution in [0.2, 0.25) is 0 Å². The average Bonchev–Trinajstić information content (AvgIpc) is 2.61. The van der Waals surface area contributed by atoms with Gasteiger partial charge in [0, 0.05) is 23.3 Å². The normalized spacial score (nSPS) is 9.70. The molecule has 142 valence electrons. The molecule has 27 heavy (non-hydrogen) atoms. The van der Waals surface area contributed by atoms with Crippen LogP contribution in [0.1, 0.15) is 11.1 Å². The van der Waals surface area contributed by atoms with Crippen LogP contribution >= 0.6 is 11.6 Å². The molecule has 2 aromatic rings. The number of non-ortho nitro benzene ring substituents is 2. The van der Waals surface area contributed by atoms with Crippen LogP contribution in [-0.2, 0) is 5.88 Å². The summed E-state index contributed by atoms with van der Waals surface area (Å²) in [5.74, 6) is -0.0473. The zero-order valence-corrected chi connectivity index (χ0v) is 14.4. The van der Waals surface area contributed by atoms with Crippen LogP contribution in [0, 0.1) is 47.4 Å². The second-order valence-corrected chi connectivity index (χ2v) is 5.21. The predicted octanol–water partition coefficient (Wildman–Crippen LogP) is 4.05. The van der Waals surface area contributed by atoms with Gasteiger partial charge < -0.3 is 0 Å². The summed E-state index contributed by atoms with van der Waals surface area (Å²) >= 11 is 5.43. The van der Waals surface area contributed by atoms with Gasteiger partial charge in [-0.25, -0.2) is 0 Å². The van der Waals surface area contributed by atoms with Gasteiger partial charge in [0.2, 0.25) is 0 Å². The Kier molecular flexibility index (Phi) is 7.24. The van der Waals surface area contributed by atoms with E-state index >= 15 is 0 Å². The number of benzene rings is 2. The molecule has 0 saturated carbocycles. The highest BCUT2D eigenvalue weighted by Crippen LogP contribution is 2.25. The van der Waals surface area contributed by atoms with Crippen molar-refractivity contribution in [1.29, 1.82) is 0 Å². The van der Waals surface area contributed by atoms with Crippen LogP contribution in [0.3, 0.4) is 0 Å². The van der Waals surface area contributed by atoms with Gasteiger partial charge in [-0.1, -0.05) is 0 Å². The molecule has 2 aromatic carbocycles. The summed E-state index contributed by atoms with van der Waals surface area (Å²) in [6.07, 6.45) is 0. The van der Waals surface area contributed by atoms with Crippen molar-refractivity contribution >= 4 is 34.4 Å². The minimum Gasteiger partial charge on any atom is -0.258 e. The zero-order valence-electron chi connectivity index (χ0n) is 13.6. The predicted molar refractivity (Wildman–Crippen MR) is 93.8 cm³/mol. The second-order valence-electron chi connectivity index (χ2n) is 4.95. The molecule has 12 nitrogen and oxygen atoms in total. The van der Waals surface area contributed by atoms with Crippen molar-refractivity contribution in [2.45, 2.75) is 12.8 Å². The number of rotatable bonds is 5. The van der Waals surface area contributed by atoms with E-state index in [1.165, 1.54) is 31.2 Å². The standard InChI is InChI=1S/C7H5ClN2O4.C7H6N2O4/c8-4-5-1-2-6(9(11)12)3-7(5)10(13)14;1-5-2-3-6(8(10)11)4-7(5)9(12)13/h1-3H,4H2;2-4H,1H3. The van der Waals surface area contributed by atoms with E-state index in [0.717, 1.165) is 12.1 Å². The molecule has 0 aromatic heterocycles. The highest BCUT2D eigenvalue weighted by Gasteiger charge is 2.18. The molecule has 13 heteroatoms. The molecule has 0 atom stereocenters. The first-order chi connectivity index (χ1) is 12.6. The largest absolute Gasteiger partial charge is 0.280 e. The fourth-order valence-corrected chi connectivity index (χ4v) is 2.08. The number of alkyl halides is 1. The van der Waals surface area contributed by atoms with E-state index in [1.807, 2.05) is 0 Å². The number of nitro benzene ring substituents is 4. The minimum absolute atomic E-state index is 0.0473. The lowest BCUT2D eigenvalue weighted by molar-refractivity contribution is -0.394. The van der Waals surface area contributed by atoms with Crippen molar-refractivity contribution in [3.05, 3.63) is 88.0 Å². The Morgan fingerprint density at radius 1 is 0.741 bits per heavy atom. The van der Waals surface area contributed by atoms with Crippen LogP contribution in [0.25, 0.3) is 0 Å². The lowest BCUT2D eigenvalue weighted by Gasteiger charge is -1.97. The number of nitro groups is 4. The van der Waals surface area contributed by atoms with Gasteiger partial charge in [0.15, 0.2) is 0 Å². The Bertz CT molecular complexity index is 918. The second kappa shape index (κ2) is 9.15. The molecule has 0 radical (unpaired) electrons. The van der Waals surface area contributed by atoms with Gasteiger partial charge in [0.05, 0.1) is 37.7 Å². The van der Waals surface area contributed by atoms with Crippen molar-refractivity contribution in [2.75, 3.05) is 0 Å². The van der Waals surface area contributed by atoms with Gasteiger partial charge >= 0.3 is 0 Å². The van der Waals surface area contributed by atoms with Crippen LogP contribution in [0.15, 0.2) is 36.4 Å². The maximum atomic E-state index is 10.5. The van der Waals surface area contributed by atoms with Crippen LogP contribution in [0.4, 0.5) is 22.7 Å². The molecule has 0 aliphatic rings. The summed E-state index contributed by atoms with van der Waals surface area (Å²) in [5.41, 5.74) is -0.455. The van der Waals surface area contributed by atoms with Gasteiger partial charge in [-0.05, 0) is 19.1 Å². The van der Waals surface area contributed by atoms with Crippen molar-refractivity contribution in [1.82, 2.24) is 0 Å². The SMILES string of the molecule is Cc1ccc([N+](=O)[O-])cc1[N+](=O)[O-].O=[N+]([O-])c1ccc(CCl)c([N+](=O)[O-])c1. The molecular weight excluding hydrogens is 388 g/mol. The van der Waals surface area contributed by atoms with E-state index < -0.39 is 19.7 Å². The molecular formula is C14H11ClN4O8. The number of nitrogens with zero attached hydrogens (tertiary/aromatic N) is 4. The third-order valence-corrected chi connectivity index (χ3v) is 3.51. The van der Waals surface area contributed by atoms with E-state index in [9.17, 15) is 40.5 Å². The molecule has 0 N–H and O–H groups in total. The first-order valence-electron chi connectivity index (χ1n) is 6.95. The Labute approximate surface area is 155 Å². The van der Waals surface area contributed by atoms with E-state index in [1.54, 1.807) is 0 Å². The Balaban J connectivity index is 0.000000271. The molecule has 0 bridgehead atoms. The quantitative estimate of drug-likeness (QED) is 0.411. The summed E-state index contributed by atoms with van der Waals surface area (Å²) in [6, 6.07) is 6.92. The van der Waals surface area contributed by atoms with E-state index in [0.29, 0.717) is 5.56 Å². The van der Waals surface area contributed by atoms with Crippen molar-refractivity contribution in [3.63, 3.8) is 0 Å². The highest BCUT2D eigenvalue weighted by atomic mass is 35.5. The monoisotopic (exact) mass is 398 g/mol. The lowest BCUT2D eigenvalue weighted by Crippen LogP contribution is -1.96. The summed E-state index contributed by atoms with van der Waals surface area (Å²) in [6.45, 7) is 1.53. The molecule has 0 fully saturated rings. The summed E-state index contributed by atoms with van der Waals surface area (Å²) in [4.78, 5) is 38.8. The molecule has 0 heterocycles. The third-order valence-electron chi connectivity index (χ3n) is 3.22. The summed E-state index contributed by atoms with van der Waals surface area (Å²) in [7, 11) is 0. The fraction of sp³-hybridized carbons (Fsp3) is 0.143. The van der Waals surface area contributed by atoms with Gasteiger partial charge in [-0.3, -0.25) is 40.5 Å². The van der Waals surface area contributed by atoms with Crippen molar-refractivity contribution in [2.24, 2.45) is 0 Å². The summed E-state index contributed by atoms with van der Waals surface area (Å²) < 4.78 is 0. The van der Waals surface area contributed by atoms with E-state index in [2.05, 4.69) is 0 Å². The van der Waals surface area contributed by atoms with E-state index in [-0.39, 0.29) is 34.2 Å². The Hall–Kier alpha value is -3.67. The maximum Gasteiger partial charge on any atom is 0.280 e. The molecule has 0 amide bonds. The van der Waals surface area contributed by atoms with Crippen LogP contribution < -0.4 is 0 Å².